The average Bonchev–Trinajstić information content (AvgIpc) is 2.55. The molecule has 22 heavy (non-hydrogen) atoms. The second-order valence-electron chi connectivity index (χ2n) is 5.51. The Morgan fingerprint density at radius 3 is 2.41 bits per heavy atom. The number of aromatic nitrogens is 1. The predicted octanol–water partition coefficient (Wildman–Crippen LogP) is 4.15. The fourth-order valence-corrected chi connectivity index (χ4v) is 3.08. The van der Waals surface area contributed by atoms with Crippen LogP contribution >= 0.6 is 0 Å². The van der Waals surface area contributed by atoms with Crippen LogP contribution in [-0.4, -0.2) is 12.1 Å². The van der Waals surface area contributed by atoms with Gasteiger partial charge in [-0.15, -0.1) is 0 Å². The summed E-state index contributed by atoms with van der Waals surface area (Å²) in [7, 11) is 1.64. The average molecular weight is 289 g/mol. The van der Waals surface area contributed by atoms with Gasteiger partial charge in [-0.3, -0.25) is 4.79 Å². The number of aromatic amines is 1. The number of hydrogen-bond acceptors (Lipinski definition) is 2. The summed E-state index contributed by atoms with van der Waals surface area (Å²) in [6.45, 7) is 1.96. The van der Waals surface area contributed by atoms with E-state index in [1.165, 1.54) is 0 Å². The highest BCUT2D eigenvalue weighted by Crippen LogP contribution is 2.27. The van der Waals surface area contributed by atoms with Crippen molar-refractivity contribution in [2.45, 2.75) is 6.92 Å². The molecular weight excluding hydrogens is 274 g/mol. The Morgan fingerprint density at radius 1 is 0.955 bits per heavy atom. The summed E-state index contributed by atoms with van der Waals surface area (Å²) < 4.78 is 5.35. The van der Waals surface area contributed by atoms with Gasteiger partial charge in [-0.25, -0.2) is 0 Å². The van der Waals surface area contributed by atoms with Crippen LogP contribution in [0.4, 0.5) is 0 Å². The first kappa shape index (κ1) is 12.9. The molecular formula is C19H15NO2. The van der Waals surface area contributed by atoms with Crippen LogP contribution < -0.4 is 10.2 Å². The molecule has 0 amide bonds. The lowest BCUT2D eigenvalue weighted by atomic mass is 10.0. The van der Waals surface area contributed by atoms with Crippen LogP contribution in [0.1, 0.15) is 5.56 Å². The standard InChI is InChI=1S/C19H15NO2/c1-11-17(22-2)8-7-14-18(11)20-16-10-13-6-4-3-5-12(13)9-15(16)19(14)21/h3-10H,1-2H3,(H,20,21). The summed E-state index contributed by atoms with van der Waals surface area (Å²) in [5.74, 6) is 0.781. The maximum absolute atomic E-state index is 12.8. The number of fused-ring (bicyclic) bond motifs is 3. The van der Waals surface area contributed by atoms with Gasteiger partial charge in [-0.1, -0.05) is 24.3 Å². The van der Waals surface area contributed by atoms with E-state index in [0.29, 0.717) is 5.39 Å². The first-order valence-electron chi connectivity index (χ1n) is 7.21. The molecule has 0 saturated carbocycles. The first-order valence-corrected chi connectivity index (χ1v) is 7.21. The topological polar surface area (TPSA) is 42.1 Å². The first-order chi connectivity index (χ1) is 10.7. The number of hydrogen-bond donors (Lipinski definition) is 1. The summed E-state index contributed by atoms with van der Waals surface area (Å²) in [5, 5.41) is 3.60. The number of benzene rings is 3. The highest BCUT2D eigenvalue weighted by molar-refractivity contribution is 6.01. The molecule has 0 fully saturated rings. The minimum atomic E-state index is 0.0558. The molecule has 3 aromatic carbocycles. The highest BCUT2D eigenvalue weighted by atomic mass is 16.5. The van der Waals surface area contributed by atoms with E-state index in [4.69, 9.17) is 4.74 Å². The van der Waals surface area contributed by atoms with Crippen LogP contribution in [0.25, 0.3) is 32.6 Å². The summed E-state index contributed by atoms with van der Waals surface area (Å²) in [6.07, 6.45) is 0. The molecule has 108 valence electrons. The number of rotatable bonds is 1. The Balaban J connectivity index is 2.22. The van der Waals surface area contributed by atoms with Gasteiger partial charge in [0.1, 0.15) is 5.75 Å². The molecule has 0 aliphatic rings. The normalized spacial score (nSPS) is 11.4. The number of aryl methyl sites for hydroxylation is 1. The van der Waals surface area contributed by atoms with Crippen molar-refractivity contribution in [3.63, 3.8) is 0 Å². The third-order valence-electron chi connectivity index (χ3n) is 4.27. The lowest BCUT2D eigenvalue weighted by Crippen LogP contribution is -2.05. The van der Waals surface area contributed by atoms with E-state index in [1.54, 1.807) is 7.11 Å². The van der Waals surface area contributed by atoms with Crippen molar-refractivity contribution in [3.8, 4) is 5.75 Å². The maximum atomic E-state index is 12.8. The number of H-pyrrole nitrogens is 1. The molecule has 4 rings (SSSR count). The van der Waals surface area contributed by atoms with Gasteiger partial charge >= 0.3 is 0 Å². The highest BCUT2D eigenvalue weighted by Gasteiger charge is 2.11. The molecule has 0 radical (unpaired) electrons. The number of methoxy groups -OCH3 is 1. The summed E-state index contributed by atoms with van der Waals surface area (Å²) in [5.41, 5.74) is 2.70. The Kier molecular flexibility index (Phi) is 2.70. The second kappa shape index (κ2) is 4.60. The third-order valence-corrected chi connectivity index (χ3v) is 4.27. The lowest BCUT2D eigenvalue weighted by molar-refractivity contribution is 0.412. The van der Waals surface area contributed by atoms with Gasteiger partial charge in [0.25, 0.3) is 0 Å². The zero-order valence-electron chi connectivity index (χ0n) is 12.4. The molecule has 1 aromatic heterocycles. The molecule has 0 aliphatic carbocycles. The minimum Gasteiger partial charge on any atom is -0.496 e. The quantitative estimate of drug-likeness (QED) is 0.535. The molecule has 3 nitrogen and oxygen atoms in total. The molecule has 0 bridgehead atoms. The van der Waals surface area contributed by atoms with Crippen molar-refractivity contribution in [3.05, 3.63) is 64.3 Å². The molecule has 0 aliphatic heterocycles. The van der Waals surface area contributed by atoms with Gasteiger partial charge in [0.15, 0.2) is 5.43 Å². The van der Waals surface area contributed by atoms with Crippen LogP contribution in [0.15, 0.2) is 53.3 Å². The summed E-state index contributed by atoms with van der Waals surface area (Å²) in [6, 6.07) is 15.7. The Hall–Kier alpha value is -2.81. The van der Waals surface area contributed by atoms with Crippen molar-refractivity contribution in [1.29, 1.82) is 0 Å². The van der Waals surface area contributed by atoms with Crippen LogP contribution in [0.5, 0.6) is 5.75 Å². The Bertz CT molecular complexity index is 1090. The van der Waals surface area contributed by atoms with E-state index >= 15 is 0 Å². The van der Waals surface area contributed by atoms with Gasteiger partial charge in [-0.2, -0.15) is 0 Å². The molecule has 0 unspecified atom stereocenters. The van der Waals surface area contributed by atoms with Gasteiger partial charge in [0, 0.05) is 16.3 Å². The van der Waals surface area contributed by atoms with Gasteiger partial charge in [0.2, 0.25) is 0 Å². The van der Waals surface area contributed by atoms with E-state index < -0.39 is 0 Å². The SMILES string of the molecule is COc1ccc2c(=O)c3cc4ccccc4cc3[nH]c2c1C. The molecule has 0 spiro atoms. The Labute approximate surface area is 127 Å². The van der Waals surface area contributed by atoms with Crippen LogP contribution in [0.3, 0.4) is 0 Å². The zero-order chi connectivity index (χ0) is 15.3. The minimum absolute atomic E-state index is 0.0558. The zero-order valence-corrected chi connectivity index (χ0v) is 12.4. The van der Waals surface area contributed by atoms with Crippen LogP contribution in [-0.2, 0) is 0 Å². The van der Waals surface area contributed by atoms with E-state index in [2.05, 4.69) is 11.1 Å². The summed E-state index contributed by atoms with van der Waals surface area (Å²) >= 11 is 0. The van der Waals surface area contributed by atoms with Crippen LogP contribution in [0.2, 0.25) is 0 Å². The van der Waals surface area contributed by atoms with Gasteiger partial charge in [-0.05, 0) is 42.0 Å². The molecule has 0 saturated heterocycles. The smallest absolute Gasteiger partial charge is 0.197 e. The van der Waals surface area contributed by atoms with Gasteiger partial charge in [0.05, 0.1) is 18.1 Å². The molecule has 1 heterocycles. The van der Waals surface area contributed by atoms with E-state index in [9.17, 15) is 4.79 Å². The number of nitrogens with one attached hydrogen (secondary N) is 1. The summed E-state index contributed by atoms with van der Waals surface area (Å²) in [4.78, 5) is 16.2. The molecule has 4 aromatic rings. The predicted molar refractivity (Wildman–Crippen MR) is 90.9 cm³/mol. The van der Waals surface area contributed by atoms with E-state index in [1.807, 2.05) is 49.4 Å². The van der Waals surface area contributed by atoms with E-state index in [0.717, 1.165) is 38.5 Å². The lowest BCUT2D eigenvalue weighted by Gasteiger charge is -2.10. The molecule has 0 atom stereocenters. The van der Waals surface area contributed by atoms with Crippen molar-refractivity contribution >= 4 is 32.6 Å². The molecule has 3 heteroatoms. The fraction of sp³-hybridized carbons (Fsp3) is 0.105. The number of pyridine rings is 1. The number of ether oxygens (including phenoxy) is 1. The largest absolute Gasteiger partial charge is 0.496 e. The van der Waals surface area contributed by atoms with Crippen LogP contribution in [0, 0.1) is 6.92 Å². The monoisotopic (exact) mass is 289 g/mol. The van der Waals surface area contributed by atoms with Crippen molar-refractivity contribution in [1.82, 2.24) is 4.98 Å². The van der Waals surface area contributed by atoms with Gasteiger partial charge < -0.3 is 9.72 Å². The van der Waals surface area contributed by atoms with Crippen molar-refractivity contribution in [2.24, 2.45) is 0 Å². The Morgan fingerprint density at radius 2 is 1.68 bits per heavy atom. The maximum Gasteiger partial charge on any atom is 0.197 e. The molecule has 1 N–H and O–H groups in total. The second-order valence-corrected chi connectivity index (χ2v) is 5.51. The van der Waals surface area contributed by atoms with Crippen molar-refractivity contribution < 1.29 is 4.74 Å². The van der Waals surface area contributed by atoms with Crippen molar-refractivity contribution in [2.75, 3.05) is 7.11 Å². The fourth-order valence-electron chi connectivity index (χ4n) is 3.08. The third kappa shape index (κ3) is 1.72. The van der Waals surface area contributed by atoms with E-state index in [-0.39, 0.29) is 5.43 Å².